The Bertz CT molecular complexity index is 821. The lowest BCUT2D eigenvalue weighted by Crippen LogP contribution is -2.38. The van der Waals surface area contributed by atoms with E-state index in [0.717, 1.165) is 50.0 Å². The van der Waals surface area contributed by atoms with Crippen LogP contribution in [0.2, 0.25) is 0 Å². The number of ether oxygens (including phenoxy) is 2. The number of hydrogen-bond donors (Lipinski definition) is 2. The number of rotatable bonds is 17. The average molecular weight is 497 g/mol. The van der Waals surface area contributed by atoms with Gasteiger partial charge >= 0.3 is 0 Å². The van der Waals surface area contributed by atoms with Crippen LogP contribution in [0.15, 0.2) is 48.5 Å². The van der Waals surface area contributed by atoms with E-state index in [4.69, 9.17) is 9.47 Å². The van der Waals surface area contributed by atoms with E-state index < -0.39 is 12.2 Å². The molecular formula is C30H44N2O4. The molecule has 0 aliphatic rings. The molecule has 198 valence electrons. The second-order valence-electron chi connectivity index (χ2n) is 9.36. The lowest BCUT2D eigenvalue weighted by molar-refractivity contribution is -0.128. The summed E-state index contributed by atoms with van der Waals surface area (Å²) in [6, 6.07) is 15.5. The fraction of sp³-hybridized carbons (Fsp3) is 0.533. The maximum Gasteiger partial charge on any atom is 0.261 e. The van der Waals surface area contributed by atoms with E-state index in [1.807, 2.05) is 76.2 Å². The zero-order chi connectivity index (χ0) is 26.2. The lowest BCUT2D eigenvalue weighted by Gasteiger charge is -2.17. The summed E-state index contributed by atoms with van der Waals surface area (Å²) in [5.41, 5.74) is 2.33. The van der Waals surface area contributed by atoms with Gasteiger partial charge in [-0.05, 0) is 63.8 Å². The molecule has 0 heterocycles. The molecule has 2 amide bonds. The molecule has 6 heteroatoms. The Morgan fingerprint density at radius 1 is 0.611 bits per heavy atom. The van der Waals surface area contributed by atoms with Crippen molar-refractivity contribution in [2.45, 2.75) is 91.3 Å². The van der Waals surface area contributed by atoms with Crippen molar-refractivity contribution in [2.75, 3.05) is 13.1 Å². The van der Waals surface area contributed by atoms with Crippen LogP contribution in [-0.2, 0) is 9.59 Å². The van der Waals surface area contributed by atoms with Gasteiger partial charge in [0.25, 0.3) is 11.8 Å². The molecule has 0 spiro atoms. The van der Waals surface area contributed by atoms with Gasteiger partial charge in [0.1, 0.15) is 11.5 Å². The Morgan fingerprint density at radius 3 is 1.28 bits per heavy atom. The molecule has 0 bridgehead atoms. The maximum absolute atomic E-state index is 12.4. The molecule has 6 nitrogen and oxygen atoms in total. The minimum absolute atomic E-state index is 0.0504. The summed E-state index contributed by atoms with van der Waals surface area (Å²) in [6.07, 6.45) is 6.64. The molecular weight excluding hydrogens is 452 g/mol. The second kappa shape index (κ2) is 16.6. The number of carbonyl (C=O) groups excluding carboxylic acids is 2. The number of hydrogen-bond acceptors (Lipinski definition) is 4. The summed E-state index contributed by atoms with van der Waals surface area (Å²) in [6.45, 7) is 9.31. The van der Waals surface area contributed by atoms with Gasteiger partial charge in [-0.1, -0.05) is 74.9 Å². The number of unbranched alkanes of at least 4 members (excludes halogenated alkanes) is 5. The van der Waals surface area contributed by atoms with Gasteiger partial charge in [0, 0.05) is 13.1 Å². The second-order valence-corrected chi connectivity index (χ2v) is 9.36. The third kappa shape index (κ3) is 11.1. The molecule has 0 saturated heterocycles. The van der Waals surface area contributed by atoms with Gasteiger partial charge in [-0.25, -0.2) is 0 Å². The van der Waals surface area contributed by atoms with Crippen molar-refractivity contribution < 1.29 is 19.1 Å². The Labute approximate surface area is 217 Å². The van der Waals surface area contributed by atoms with Crippen molar-refractivity contribution in [1.82, 2.24) is 10.6 Å². The highest BCUT2D eigenvalue weighted by Gasteiger charge is 2.18. The smallest absolute Gasteiger partial charge is 0.261 e. The predicted octanol–water partition coefficient (Wildman–Crippen LogP) is 5.89. The fourth-order valence-corrected chi connectivity index (χ4v) is 3.81. The van der Waals surface area contributed by atoms with E-state index in [0.29, 0.717) is 25.9 Å². The van der Waals surface area contributed by atoms with Crippen LogP contribution < -0.4 is 20.1 Å². The van der Waals surface area contributed by atoms with Crippen LogP contribution in [0.4, 0.5) is 0 Å². The molecule has 0 saturated carbocycles. The Hall–Kier alpha value is -3.02. The standard InChI is InChI=1S/C30H44N2O4/c1-5-27(35-25-17-13-23(3)14-18-25)29(33)31-21-11-9-7-8-10-12-22-32-30(34)28(6-2)36-26-19-15-24(4)16-20-26/h13-20,27-28H,5-12,21-22H2,1-4H3,(H,31,33)(H,32,34). The number of carbonyl (C=O) groups is 2. The fourth-order valence-electron chi connectivity index (χ4n) is 3.81. The maximum atomic E-state index is 12.4. The molecule has 2 atom stereocenters. The molecule has 0 aromatic heterocycles. The highest BCUT2D eigenvalue weighted by molar-refractivity contribution is 5.81. The third-order valence-corrected chi connectivity index (χ3v) is 6.13. The first-order chi connectivity index (χ1) is 17.4. The third-order valence-electron chi connectivity index (χ3n) is 6.13. The largest absolute Gasteiger partial charge is 0.481 e. The molecule has 2 N–H and O–H groups in total. The first kappa shape index (κ1) is 29.2. The van der Waals surface area contributed by atoms with Crippen LogP contribution >= 0.6 is 0 Å². The first-order valence-electron chi connectivity index (χ1n) is 13.4. The van der Waals surface area contributed by atoms with Gasteiger partial charge in [0.05, 0.1) is 0 Å². The van der Waals surface area contributed by atoms with Crippen LogP contribution in [-0.4, -0.2) is 37.1 Å². The van der Waals surface area contributed by atoms with Crippen molar-refractivity contribution in [3.63, 3.8) is 0 Å². The molecule has 0 aliphatic carbocycles. The van der Waals surface area contributed by atoms with Crippen LogP contribution in [0.5, 0.6) is 11.5 Å². The Balaban J connectivity index is 1.50. The SMILES string of the molecule is CCC(Oc1ccc(C)cc1)C(=O)NCCCCCCCCNC(=O)C(CC)Oc1ccc(C)cc1. The summed E-state index contributed by atoms with van der Waals surface area (Å²) in [7, 11) is 0. The number of benzene rings is 2. The summed E-state index contributed by atoms with van der Waals surface area (Å²) in [4.78, 5) is 24.8. The first-order valence-corrected chi connectivity index (χ1v) is 13.4. The van der Waals surface area contributed by atoms with Crippen molar-refractivity contribution in [1.29, 1.82) is 0 Å². The van der Waals surface area contributed by atoms with E-state index in [9.17, 15) is 9.59 Å². The number of nitrogens with one attached hydrogen (secondary N) is 2. The summed E-state index contributed by atoms with van der Waals surface area (Å²) >= 11 is 0. The highest BCUT2D eigenvalue weighted by atomic mass is 16.5. The highest BCUT2D eigenvalue weighted by Crippen LogP contribution is 2.16. The van der Waals surface area contributed by atoms with Crippen molar-refractivity contribution in [2.24, 2.45) is 0 Å². The summed E-state index contributed by atoms with van der Waals surface area (Å²) < 4.78 is 11.7. The quantitative estimate of drug-likeness (QED) is 0.268. The normalized spacial score (nSPS) is 12.4. The molecule has 2 aromatic carbocycles. The Kier molecular flexibility index (Phi) is 13.5. The number of amides is 2. The number of aryl methyl sites for hydroxylation is 2. The average Bonchev–Trinajstić information content (AvgIpc) is 2.88. The summed E-state index contributed by atoms with van der Waals surface area (Å²) in [5.74, 6) is 1.35. The van der Waals surface area contributed by atoms with Crippen LogP contribution in [0, 0.1) is 13.8 Å². The van der Waals surface area contributed by atoms with Gasteiger partial charge in [-0.15, -0.1) is 0 Å². The lowest BCUT2D eigenvalue weighted by atomic mass is 10.1. The predicted molar refractivity (Wildman–Crippen MR) is 145 cm³/mol. The van der Waals surface area contributed by atoms with Gasteiger partial charge in [-0.3, -0.25) is 9.59 Å². The van der Waals surface area contributed by atoms with Crippen molar-refractivity contribution in [3.8, 4) is 11.5 Å². The van der Waals surface area contributed by atoms with E-state index in [-0.39, 0.29) is 11.8 Å². The molecule has 0 aliphatic heterocycles. The minimum atomic E-state index is -0.461. The zero-order valence-corrected chi connectivity index (χ0v) is 22.5. The summed E-state index contributed by atoms with van der Waals surface area (Å²) in [5, 5.41) is 6.00. The molecule has 2 unspecified atom stereocenters. The molecule has 0 radical (unpaired) electrons. The van der Waals surface area contributed by atoms with Crippen LogP contribution in [0.25, 0.3) is 0 Å². The van der Waals surface area contributed by atoms with E-state index >= 15 is 0 Å². The van der Waals surface area contributed by atoms with E-state index in [1.165, 1.54) is 11.1 Å². The molecule has 2 aromatic rings. The minimum Gasteiger partial charge on any atom is -0.481 e. The molecule has 0 fully saturated rings. The zero-order valence-electron chi connectivity index (χ0n) is 22.5. The van der Waals surface area contributed by atoms with E-state index in [1.54, 1.807) is 0 Å². The topological polar surface area (TPSA) is 76.7 Å². The van der Waals surface area contributed by atoms with E-state index in [2.05, 4.69) is 10.6 Å². The van der Waals surface area contributed by atoms with Crippen LogP contribution in [0.3, 0.4) is 0 Å². The van der Waals surface area contributed by atoms with Gasteiger partial charge in [0.2, 0.25) is 0 Å². The molecule has 36 heavy (non-hydrogen) atoms. The van der Waals surface area contributed by atoms with Gasteiger partial charge in [-0.2, -0.15) is 0 Å². The van der Waals surface area contributed by atoms with Gasteiger partial charge < -0.3 is 20.1 Å². The van der Waals surface area contributed by atoms with Gasteiger partial charge in [0.15, 0.2) is 12.2 Å². The Morgan fingerprint density at radius 2 is 0.944 bits per heavy atom. The monoisotopic (exact) mass is 496 g/mol. The van der Waals surface area contributed by atoms with Crippen molar-refractivity contribution in [3.05, 3.63) is 59.7 Å². The van der Waals surface area contributed by atoms with Crippen molar-refractivity contribution >= 4 is 11.8 Å². The van der Waals surface area contributed by atoms with Crippen LogP contribution in [0.1, 0.15) is 76.3 Å². The molecule has 2 rings (SSSR count).